The SMILES string of the molecule is CCOC(C(=O)OC(C)c1ccccc1)C(F)(F)F. The molecule has 1 rings (SSSR count). The molecule has 0 saturated heterocycles. The molecule has 106 valence electrons. The van der Waals surface area contributed by atoms with Crippen molar-refractivity contribution in [3.05, 3.63) is 35.9 Å². The summed E-state index contributed by atoms with van der Waals surface area (Å²) < 4.78 is 47.0. The van der Waals surface area contributed by atoms with E-state index in [2.05, 4.69) is 4.74 Å². The van der Waals surface area contributed by atoms with Crippen LogP contribution in [0.15, 0.2) is 30.3 Å². The van der Waals surface area contributed by atoms with E-state index in [1.807, 2.05) is 0 Å². The van der Waals surface area contributed by atoms with Crippen molar-refractivity contribution in [2.45, 2.75) is 32.2 Å². The fourth-order valence-corrected chi connectivity index (χ4v) is 1.49. The zero-order valence-electron chi connectivity index (χ0n) is 10.6. The Labute approximate surface area is 109 Å². The maximum atomic E-state index is 12.6. The summed E-state index contributed by atoms with van der Waals surface area (Å²) in [6, 6.07) is 8.52. The van der Waals surface area contributed by atoms with Crippen molar-refractivity contribution >= 4 is 5.97 Å². The van der Waals surface area contributed by atoms with E-state index in [1.54, 1.807) is 30.3 Å². The molecule has 19 heavy (non-hydrogen) atoms. The second-order valence-corrected chi connectivity index (χ2v) is 3.87. The van der Waals surface area contributed by atoms with Crippen LogP contribution in [0.25, 0.3) is 0 Å². The lowest BCUT2D eigenvalue weighted by atomic mass is 10.1. The van der Waals surface area contributed by atoms with Crippen molar-refractivity contribution in [2.75, 3.05) is 6.61 Å². The van der Waals surface area contributed by atoms with Crippen LogP contribution in [0.2, 0.25) is 0 Å². The lowest BCUT2D eigenvalue weighted by molar-refractivity contribution is -0.231. The molecule has 0 N–H and O–H groups in total. The van der Waals surface area contributed by atoms with Gasteiger partial charge in [-0.15, -0.1) is 0 Å². The van der Waals surface area contributed by atoms with E-state index in [-0.39, 0.29) is 6.61 Å². The summed E-state index contributed by atoms with van der Waals surface area (Å²) in [6.45, 7) is 2.66. The van der Waals surface area contributed by atoms with Gasteiger partial charge in [-0.25, -0.2) is 4.79 Å². The summed E-state index contributed by atoms with van der Waals surface area (Å²) in [7, 11) is 0. The Morgan fingerprint density at radius 1 is 1.26 bits per heavy atom. The molecular weight excluding hydrogens is 261 g/mol. The van der Waals surface area contributed by atoms with Crippen molar-refractivity contribution in [3.63, 3.8) is 0 Å². The monoisotopic (exact) mass is 276 g/mol. The topological polar surface area (TPSA) is 35.5 Å². The average molecular weight is 276 g/mol. The molecule has 2 atom stereocenters. The number of benzene rings is 1. The minimum atomic E-state index is -4.77. The average Bonchev–Trinajstić information content (AvgIpc) is 2.35. The third kappa shape index (κ3) is 4.55. The lowest BCUT2D eigenvalue weighted by Crippen LogP contribution is -2.40. The molecule has 2 unspecified atom stereocenters. The summed E-state index contributed by atoms with van der Waals surface area (Å²) in [5, 5.41) is 0. The number of halogens is 3. The largest absolute Gasteiger partial charge is 0.456 e. The first kappa shape index (κ1) is 15.5. The van der Waals surface area contributed by atoms with E-state index in [1.165, 1.54) is 13.8 Å². The van der Waals surface area contributed by atoms with Gasteiger partial charge in [0.1, 0.15) is 6.10 Å². The number of alkyl halides is 3. The van der Waals surface area contributed by atoms with Gasteiger partial charge < -0.3 is 9.47 Å². The van der Waals surface area contributed by atoms with Crippen molar-refractivity contribution in [1.29, 1.82) is 0 Å². The number of carbonyl (C=O) groups excluding carboxylic acids is 1. The minimum Gasteiger partial charge on any atom is -0.456 e. The zero-order chi connectivity index (χ0) is 14.5. The molecule has 3 nitrogen and oxygen atoms in total. The number of hydrogen-bond donors (Lipinski definition) is 0. The van der Waals surface area contributed by atoms with Crippen LogP contribution in [0.4, 0.5) is 13.2 Å². The fourth-order valence-electron chi connectivity index (χ4n) is 1.49. The quantitative estimate of drug-likeness (QED) is 0.774. The second-order valence-electron chi connectivity index (χ2n) is 3.87. The van der Waals surface area contributed by atoms with E-state index < -0.39 is 24.4 Å². The summed E-state index contributed by atoms with van der Waals surface area (Å²) in [4.78, 5) is 11.5. The van der Waals surface area contributed by atoms with Crippen LogP contribution in [0.5, 0.6) is 0 Å². The van der Waals surface area contributed by atoms with Gasteiger partial charge in [-0.2, -0.15) is 13.2 Å². The van der Waals surface area contributed by atoms with Gasteiger partial charge in [0.15, 0.2) is 0 Å². The van der Waals surface area contributed by atoms with Gasteiger partial charge in [-0.1, -0.05) is 30.3 Å². The molecule has 1 aromatic carbocycles. The first-order chi connectivity index (χ1) is 8.86. The van der Waals surface area contributed by atoms with Crippen LogP contribution < -0.4 is 0 Å². The number of rotatable bonds is 5. The predicted molar refractivity (Wildman–Crippen MR) is 62.4 cm³/mol. The fraction of sp³-hybridized carbons (Fsp3) is 0.462. The Bertz CT molecular complexity index is 403. The van der Waals surface area contributed by atoms with Crippen molar-refractivity contribution in [2.24, 2.45) is 0 Å². The Kier molecular flexibility index (Phi) is 5.35. The molecule has 0 spiro atoms. The molecule has 0 bridgehead atoms. The van der Waals surface area contributed by atoms with E-state index >= 15 is 0 Å². The highest BCUT2D eigenvalue weighted by Crippen LogP contribution is 2.26. The maximum absolute atomic E-state index is 12.6. The lowest BCUT2D eigenvalue weighted by Gasteiger charge is -2.21. The van der Waals surface area contributed by atoms with Crippen LogP contribution in [0, 0.1) is 0 Å². The molecule has 0 radical (unpaired) electrons. The number of esters is 1. The van der Waals surface area contributed by atoms with E-state index in [0.29, 0.717) is 5.56 Å². The Balaban J connectivity index is 2.72. The summed E-state index contributed by atoms with van der Waals surface area (Å²) in [5.74, 6) is -1.43. The van der Waals surface area contributed by atoms with Gasteiger partial charge in [0, 0.05) is 6.61 Å². The second kappa shape index (κ2) is 6.56. The normalized spacial score (nSPS) is 14.8. The molecule has 1 aromatic rings. The van der Waals surface area contributed by atoms with Crippen LogP contribution in [0.3, 0.4) is 0 Å². The maximum Gasteiger partial charge on any atom is 0.425 e. The molecule has 0 aromatic heterocycles. The third-order valence-corrected chi connectivity index (χ3v) is 2.41. The molecule has 6 heteroatoms. The molecular formula is C13H15F3O3. The van der Waals surface area contributed by atoms with Gasteiger partial charge in [0.25, 0.3) is 6.10 Å². The molecule has 0 aliphatic rings. The number of hydrogen-bond acceptors (Lipinski definition) is 3. The first-order valence-corrected chi connectivity index (χ1v) is 5.80. The van der Waals surface area contributed by atoms with E-state index in [4.69, 9.17) is 4.74 Å². The van der Waals surface area contributed by atoms with Gasteiger partial charge in [0.2, 0.25) is 0 Å². The molecule has 0 aliphatic carbocycles. The van der Waals surface area contributed by atoms with E-state index in [0.717, 1.165) is 0 Å². The molecule has 0 fully saturated rings. The molecule has 0 aliphatic heterocycles. The van der Waals surface area contributed by atoms with Gasteiger partial charge in [-0.05, 0) is 19.4 Å². The Hall–Kier alpha value is -1.56. The van der Waals surface area contributed by atoms with Crippen LogP contribution in [-0.4, -0.2) is 24.9 Å². The van der Waals surface area contributed by atoms with Gasteiger partial charge in [0.05, 0.1) is 0 Å². The van der Waals surface area contributed by atoms with Crippen LogP contribution >= 0.6 is 0 Å². The molecule has 0 heterocycles. The van der Waals surface area contributed by atoms with Crippen molar-refractivity contribution in [3.8, 4) is 0 Å². The highest BCUT2D eigenvalue weighted by molar-refractivity contribution is 5.76. The Morgan fingerprint density at radius 2 is 1.84 bits per heavy atom. The van der Waals surface area contributed by atoms with Crippen LogP contribution in [-0.2, 0) is 14.3 Å². The Morgan fingerprint density at radius 3 is 2.32 bits per heavy atom. The summed E-state index contributed by atoms with van der Waals surface area (Å²) in [5.41, 5.74) is 0.619. The van der Waals surface area contributed by atoms with E-state index in [9.17, 15) is 18.0 Å². The highest BCUT2D eigenvalue weighted by Gasteiger charge is 2.47. The van der Waals surface area contributed by atoms with Crippen LogP contribution in [0.1, 0.15) is 25.5 Å². The summed E-state index contributed by atoms with van der Waals surface area (Å²) >= 11 is 0. The third-order valence-electron chi connectivity index (χ3n) is 2.41. The minimum absolute atomic E-state index is 0.223. The predicted octanol–water partition coefficient (Wildman–Crippen LogP) is 3.26. The standard InChI is InChI=1S/C13H15F3O3/c1-3-18-11(13(14,15)16)12(17)19-9(2)10-7-5-4-6-8-10/h4-9,11H,3H2,1-2H3. The summed E-state index contributed by atoms with van der Waals surface area (Å²) in [6.07, 6.45) is -8.08. The number of carbonyl (C=O) groups is 1. The first-order valence-electron chi connectivity index (χ1n) is 5.80. The molecule has 0 saturated carbocycles. The highest BCUT2D eigenvalue weighted by atomic mass is 19.4. The van der Waals surface area contributed by atoms with Gasteiger partial charge >= 0.3 is 12.1 Å². The smallest absolute Gasteiger partial charge is 0.425 e. The zero-order valence-corrected chi connectivity index (χ0v) is 10.6. The van der Waals surface area contributed by atoms with Crippen molar-refractivity contribution < 1.29 is 27.4 Å². The number of ether oxygens (including phenoxy) is 2. The van der Waals surface area contributed by atoms with Gasteiger partial charge in [-0.3, -0.25) is 0 Å². The molecule has 0 amide bonds. The van der Waals surface area contributed by atoms with Crippen molar-refractivity contribution in [1.82, 2.24) is 0 Å².